The molecular formula is C9H10N4. The van der Waals surface area contributed by atoms with Crippen molar-refractivity contribution in [2.45, 2.75) is 13.0 Å². The van der Waals surface area contributed by atoms with Crippen molar-refractivity contribution in [2.75, 3.05) is 0 Å². The smallest absolute Gasteiger partial charge is 0.138 e. The minimum atomic E-state index is 0.830. The minimum Gasteiger partial charge on any atom is -0.232 e. The van der Waals surface area contributed by atoms with Gasteiger partial charge < -0.3 is 0 Å². The first-order valence-electron chi connectivity index (χ1n) is 4.20. The van der Waals surface area contributed by atoms with Crippen molar-refractivity contribution in [1.82, 2.24) is 20.2 Å². The summed E-state index contributed by atoms with van der Waals surface area (Å²) in [5.74, 6) is 0. The Morgan fingerprint density at radius 2 is 2.00 bits per heavy atom. The van der Waals surface area contributed by atoms with Gasteiger partial charge in [0.1, 0.15) is 6.33 Å². The molecule has 0 bridgehead atoms. The molecule has 0 radical (unpaired) electrons. The number of aryl methyl sites for hydroxylation is 2. The van der Waals surface area contributed by atoms with E-state index in [-0.39, 0.29) is 0 Å². The molecule has 1 aromatic carbocycles. The highest BCUT2D eigenvalue weighted by molar-refractivity contribution is 5.14. The van der Waals surface area contributed by atoms with E-state index >= 15 is 0 Å². The SMILES string of the molecule is c1ccc(CCn2cnnn2)cc1. The van der Waals surface area contributed by atoms with Crippen LogP contribution in [-0.2, 0) is 13.0 Å². The van der Waals surface area contributed by atoms with Gasteiger partial charge in [0.25, 0.3) is 0 Å². The number of benzene rings is 1. The first-order chi connectivity index (χ1) is 6.45. The molecule has 0 saturated heterocycles. The summed E-state index contributed by atoms with van der Waals surface area (Å²) >= 11 is 0. The largest absolute Gasteiger partial charge is 0.232 e. The quantitative estimate of drug-likeness (QED) is 0.694. The topological polar surface area (TPSA) is 43.6 Å². The van der Waals surface area contributed by atoms with E-state index in [0.717, 1.165) is 13.0 Å². The van der Waals surface area contributed by atoms with Crippen molar-refractivity contribution in [3.8, 4) is 0 Å². The second-order valence-corrected chi connectivity index (χ2v) is 2.81. The Labute approximate surface area is 76.2 Å². The molecule has 0 spiro atoms. The highest BCUT2D eigenvalue weighted by Crippen LogP contribution is 2.00. The lowest BCUT2D eigenvalue weighted by Crippen LogP contribution is -2.01. The van der Waals surface area contributed by atoms with Crippen LogP contribution in [0.3, 0.4) is 0 Å². The van der Waals surface area contributed by atoms with E-state index in [1.165, 1.54) is 5.56 Å². The molecule has 66 valence electrons. The fourth-order valence-electron chi connectivity index (χ4n) is 1.17. The molecule has 1 aromatic heterocycles. The zero-order valence-corrected chi connectivity index (χ0v) is 7.17. The summed E-state index contributed by atoms with van der Waals surface area (Å²) in [6.07, 6.45) is 2.59. The molecule has 1 heterocycles. The summed E-state index contributed by atoms with van der Waals surface area (Å²) in [7, 11) is 0. The zero-order chi connectivity index (χ0) is 8.93. The van der Waals surface area contributed by atoms with Crippen LogP contribution in [0.25, 0.3) is 0 Å². The lowest BCUT2D eigenvalue weighted by atomic mass is 10.2. The van der Waals surface area contributed by atoms with Gasteiger partial charge in [0.2, 0.25) is 0 Å². The summed E-state index contributed by atoms with van der Waals surface area (Å²) in [6.45, 7) is 0.830. The molecule has 0 atom stereocenters. The summed E-state index contributed by atoms with van der Waals surface area (Å²) in [6, 6.07) is 10.3. The molecule has 0 amide bonds. The van der Waals surface area contributed by atoms with E-state index in [4.69, 9.17) is 0 Å². The molecule has 0 aliphatic heterocycles. The van der Waals surface area contributed by atoms with Crippen LogP contribution >= 0.6 is 0 Å². The Kier molecular flexibility index (Phi) is 2.31. The van der Waals surface area contributed by atoms with Gasteiger partial charge in [0.05, 0.1) is 0 Å². The van der Waals surface area contributed by atoms with Gasteiger partial charge in [0.15, 0.2) is 0 Å². The van der Waals surface area contributed by atoms with Crippen molar-refractivity contribution < 1.29 is 0 Å². The highest BCUT2D eigenvalue weighted by atomic mass is 15.5. The zero-order valence-electron chi connectivity index (χ0n) is 7.17. The van der Waals surface area contributed by atoms with Gasteiger partial charge in [-0.3, -0.25) is 0 Å². The Morgan fingerprint density at radius 3 is 2.69 bits per heavy atom. The highest BCUT2D eigenvalue weighted by Gasteiger charge is 1.93. The van der Waals surface area contributed by atoms with E-state index in [2.05, 4.69) is 27.7 Å². The predicted molar refractivity (Wildman–Crippen MR) is 48.0 cm³/mol. The molecule has 0 N–H and O–H groups in total. The van der Waals surface area contributed by atoms with E-state index in [0.29, 0.717) is 0 Å². The Morgan fingerprint density at radius 1 is 1.15 bits per heavy atom. The third kappa shape index (κ3) is 2.11. The summed E-state index contributed by atoms with van der Waals surface area (Å²) in [5, 5.41) is 10.9. The first kappa shape index (κ1) is 7.91. The summed E-state index contributed by atoms with van der Waals surface area (Å²) < 4.78 is 1.73. The van der Waals surface area contributed by atoms with Crippen LogP contribution in [0.2, 0.25) is 0 Å². The average molecular weight is 174 g/mol. The normalized spacial score (nSPS) is 10.2. The van der Waals surface area contributed by atoms with E-state index in [1.54, 1.807) is 11.0 Å². The Hall–Kier alpha value is -1.71. The monoisotopic (exact) mass is 174 g/mol. The van der Waals surface area contributed by atoms with Crippen molar-refractivity contribution >= 4 is 0 Å². The molecule has 2 rings (SSSR count). The third-order valence-electron chi connectivity index (χ3n) is 1.86. The van der Waals surface area contributed by atoms with Crippen molar-refractivity contribution in [1.29, 1.82) is 0 Å². The third-order valence-corrected chi connectivity index (χ3v) is 1.86. The first-order valence-corrected chi connectivity index (χ1v) is 4.20. The van der Waals surface area contributed by atoms with Crippen LogP contribution in [0, 0.1) is 0 Å². The van der Waals surface area contributed by atoms with Crippen molar-refractivity contribution in [3.05, 3.63) is 42.2 Å². The number of hydrogen-bond donors (Lipinski definition) is 0. The van der Waals surface area contributed by atoms with Gasteiger partial charge in [-0.15, -0.1) is 5.10 Å². The standard InChI is InChI=1S/C9H10N4/c1-2-4-9(5-3-1)6-7-13-8-10-11-12-13/h1-5,8H,6-7H2. The maximum Gasteiger partial charge on any atom is 0.138 e. The van der Waals surface area contributed by atoms with Crippen LogP contribution in [-0.4, -0.2) is 20.2 Å². The summed E-state index contributed by atoms with van der Waals surface area (Å²) in [5.41, 5.74) is 1.30. The van der Waals surface area contributed by atoms with E-state index < -0.39 is 0 Å². The number of aromatic nitrogens is 4. The van der Waals surface area contributed by atoms with Gasteiger partial charge in [0, 0.05) is 6.54 Å². The van der Waals surface area contributed by atoms with Crippen LogP contribution in [0.1, 0.15) is 5.56 Å². The molecule has 13 heavy (non-hydrogen) atoms. The van der Waals surface area contributed by atoms with E-state index in [9.17, 15) is 0 Å². The number of rotatable bonds is 3. The van der Waals surface area contributed by atoms with Crippen LogP contribution in [0.5, 0.6) is 0 Å². The molecule has 4 heteroatoms. The molecule has 0 fully saturated rings. The number of nitrogens with zero attached hydrogens (tertiary/aromatic N) is 4. The predicted octanol–water partition coefficient (Wildman–Crippen LogP) is 0.916. The molecule has 2 aromatic rings. The second-order valence-electron chi connectivity index (χ2n) is 2.81. The summed E-state index contributed by atoms with van der Waals surface area (Å²) in [4.78, 5) is 0. The fraction of sp³-hybridized carbons (Fsp3) is 0.222. The number of hydrogen-bond acceptors (Lipinski definition) is 3. The fourth-order valence-corrected chi connectivity index (χ4v) is 1.17. The van der Waals surface area contributed by atoms with Gasteiger partial charge in [-0.25, -0.2) is 4.68 Å². The van der Waals surface area contributed by atoms with Gasteiger partial charge >= 0.3 is 0 Å². The van der Waals surface area contributed by atoms with Crippen LogP contribution in [0.15, 0.2) is 36.7 Å². The van der Waals surface area contributed by atoms with Gasteiger partial charge in [-0.2, -0.15) is 0 Å². The maximum absolute atomic E-state index is 3.79. The Balaban J connectivity index is 1.94. The minimum absolute atomic E-state index is 0.830. The second kappa shape index (κ2) is 3.80. The van der Waals surface area contributed by atoms with Crippen LogP contribution in [0.4, 0.5) is 0 Å². The number of tetrazole rings is 1. The molecule has 0 aliphatic carbocycles. The maximum atomic E-state index is 3.79. The van der Waals surface area contributed by atoms with Gasteiger partial charge in [-0.05, 0) is 22.4 Å². The lowest BCUT2D eigenvalue weighted by molar-refractivity contribution is 0.589. The molecule has 4 nitrogen and oxygen atoms in total. The molecule has 0 unspecified atom stereocenters. The lowest BCUT2D eigenvalue weighted by Gasteiger charge is -1.99. The molecular weight excluding hydrogens is 164 g/mol. The van der Waals surface area contributed by atoms with Gasteiger partial charge in [-0.1, -0.05) is 30.3 Å². The average Bonchev–Trinajstić information content (AvgIpc) is 2.69. The molecule has 0 aliphatic rings. The van der Waals surface area contributed by atoms with Crippen molar-refractivity contribution in [2.24, 2.45) is 0 Å². The van der Waals surface area contributed by atoms with Crippen molar-refractivity contribution in [3.63, 3.8) is 0 Å². The molecule has 0 saturated carbocycles. The van der Waals surface area contributed by atoms with Crippen LogP contribution < -0.4 is 0 Å². The Bertz CT molecular complexity index is 341. The van der Waals surface area contributed by atoms with E-state index in [1.807, 2.05) is 18.2 Å².